The molecular weight excluding hydrogens is 240 g/mol. The molecule has 0 bridgehead atoms. The van der Waals surface area contributed by atoms with Gasteiger partial charge >= 0.3 is 6.09 Å². The van der Waals surface area contributed by atoms with Crippen LogP contribution in [0.5, 0.6) is 0 Å². The van der Waals surface area contributed by atoms with Gasteiger partial charge < -0.3 is 15.4 Å². The van der Waals surface area contributed by atoms with Gasteiger partial charge in [0.25, 0.3) is 0 Å². The fraction of sp³-hybridized carbons (Fsp3) is 0.933. The van der Waals surface area contributed by atoms with E-state index < -0.39 is 5.60 Å². The van der Waals surface area contributed by atoms with Crippen molar-refractivity contribution in [3.8, 4) is 0 Å². The van der Waals surface area contributed by atoms with Gasteiger partial charge in [-0.05, 0) is 46.5 Å². The topological polar surface area (TPSA) is 50.4 Å². The van der Waals surface area contributed by atoms with E-state index in [1.54, 1.807) is 0 Å². The molecule has 2 unspecified atom stereocenters. The molecule has 1 rings (SSSR count). The number of nitrogens with one attached hydrogen (secondary N) is 2. The van der Waals surface area contributed by atoms with E-state index in [1.807, 2.05) is 20.8 Å². The minimum Gasteiger partial charge on any atom is -0.444 e. The predicted molar refractivity (Wildman–Crippen MR) is 78.3 cm³/mol. The molecule has 0 heterocycles. The van der Waals surface area contributed by atoms with Gasteiger partial charge in [-0.3, -0.25) is 0 Å². The van der Waals surface area contributed by atoms with Crippen molar-refractivity contribution < 1.29 is 9.53 Å². The van der Waals surface area contributed by atoms with Gasteiger partial charge in [-0.15, -0.1) is 0 Å². The SMILES string of the molecule is CCC(CC1CC1)NC(C)CNC(=O)OC(C)(C)C. The number of hydrogen-bond donors (Lipinski definition) is 2. The molecule has 0 aromatic rings. The highest BCUT2D eigenvalue weighted by Gasteiger charge is 2.25. The van der Waals surface area contributed by atoms with Crippen LogP contribution in [0.1, 0.15) is 60.3 Å². The maximum absolute atomic E-state index is 11.5. The Hall–Kier alpha value is -0.770. The van der Waals surface area contributed by atoms with E-state index >= 15 is 0 Å². The highest BCUT2D eigenvalue weighted by molar-refractivity contribution is 5.67. The third kappa shape index (κ3) is 8.09. The fourth-order valence-electron chi connectivity index (χ4n) is 2.12. The Kier molecular flexibility index (Phi) is 6.11. The molecule has 0 radical (unpaired) electrons. The first-order valence-electron chi connectivity index (χ1n) is 7.53. The molecule has 2 atom stereocenters. The molecule has 1 amide bonds. The summed E-state index contributed by atoms with van der Waals surface area (Å²) in [6, 6.07) is 0.846. The van der Waals surface area contributed by atoms with Crippen LogP contribution >= 0.6 is 0 Å². The van der Waals surface area contributed by atoms with Crippen LogP contribution in [0, 0.1) is 5.92 Å². The molecule has 1 saturated carbocycles. The largest absolute Gasteiger partial charge is 0.444 e. The zero-order chi connectivity index (χ0) is 14.5. The van der Waals surface area contributed by atoms with Gasteiger partial charge in [-0.1, -0.05) is 19.8 Å². The maximum Gasteiger partial charge on any atom is 0.407 e. The van der Waals surface area contributed by atoms with Crippen molar-refractivity contribution in [3.63, 3.8) is 0 Å². The van der Waals surface area contributed by atoms with E-state index in [2.05, 4.69) is 24.5 Å². The molecule has 0 aromatic carbocycles. The Bertz CT molecular complexity index is 282. The van der Waals surface area contributed by atoms with E-state index in [0.717, 1.165) is 12.3 Å². The summed E-state index contributed by atoms with van der Waals surface area (Å²) in [7, 11) is 0. The molecule has 19 heavy (non-hydrogen) atoms. The Morgan fingerprint density at radius 2 is 2.00 bits per heavy atom. The third-order valence-electron chi connectivity index (χ3n) is 3.28. The maximum atomic E-state index is 11.5. The van der Waals surface area contributed by atoms with Crippen molar-refractivity contribution >= 4 is 6.09 Å². The summed E-state index contributed by atoms with van der Waals surface area (Å²) in [5.41, 5.74) is -0.432. The number of rotatable bonds is 7. The summed E-state index contributed by atoms with van der Waals surface area (Å²) in [6.07, 6.45) is 4.86. The molecule has 1 aliphatic rings. The summed E-state index contributed by atoms with van der Waals surface area (Å²) in [4.78, 5) is 11.5. The molecule has 112 valence electrons. The Morgan fingerprint density at radius 3 is 2.47 bits per heavy atom. The van der Waals surface area contributed by atoms with E-state index in [4.69, 9.17) is 4.74 Å². The molecule has 4 nitrogen and oxygen atoms in total. The molecule has 1 fully saturated rings. The van der Waals surface area contributed by atoms with Gasteiger partial charge in [0.05, 0.1) is 0 Å². The van der Waals surface area contributed by atoms with E-state index in [0.29, 0.717) is 12.6 Å². The third-order valence-corrected chi connectivity index (χ3v) is 3.28. The number of hydrogen-bond acceptors (Lipinski definition) is 3. The van der Waals surface area contributed by atoms with E-state index in [9.17, 15) is 4.79 Å². The predicted octanol–water partition coefficient (Wildman–Crippen LogP) is 3.07. The van der Waals surface area contributed by atoms with Gasteiger partial charge in [0.1, 0.15) is 5.60 Å². The van der Waals surface area contributed by atoms with Crippen LogP contribution in [0.25, 0.3) is 0 Å². The second-order valence-electron chi connectivity index (χ2n) is 6.73. The quantitative estimate of drug-likeness (QED) is 0.747. The Labute approximate surface area is 117 Å². The average Bonchev–Trinajstić information content (AvgIpc) is 3.07. The molecule has 4 heteroatoms. The standard InChI is InChI=1S/C15H30N2O2/c1-6-13(9-12-7-8-12)17-11(2)10-16-14(18)19-15(3,4)5/h11-13,17H,6-10H2,1-5H3,(H,16,18). The number of carbonyl (C=O) groups excluding carboxylic acids is 1. The van der Waals surface area contributed by atoms with Gasteiger partial charge in [0.15, 0.2) is 0 Å². The van der Waals surface area contributed by atoms with Crippen molar-refractivity contribution in [2.24, 2.45) is 5.92 Å². The number of ether oxygens (including phenoxy) is 1. The van der Waals surface area contributed by atoms with Crippen LogP contribution in [0.3, 0.4) is 0 Å². The number of carbonyl (C=O) groups is 1. The summed E-state index contributed by atoms with van der Waals surface area (Å²) >= 11 is 0. The molecule has 0 spiro atoms. The number of amides is 1. The van der Waals surface area contributed by atoms with Crippen LogP contribution in [0.15, 0.2) is 0 Å². The van der Waals surface area contributed by atoms with Crippen molar-refractivity contribution in [3.05, 3.63) is 0 Å². The van der Waals surface area contributed by atoms with Gasteiger partial charge in [-0.2, -0.15) is 0 Å². The van der Waals surface area contributed by atoms with E-state index in [-0.39, 0.29) is 12.1 Å². The van der Waals surface area contributed by atoms with Crippen molar-refractivity contribution in [1.29, 1.82) is 0 Å². The molecular formula is C15H30N2O2. The normalized spacial score (nSPS) is 18.8. The smallest absolute Gasteiger partial charge is 0.407 e. The lowest BCUT2D eigenvalue weighted by Gasteiger charge is -2.24. The summed E-state index contributed by atoms with van der Waals surface area (Å²) in [5, 5.41) is 6.40. The van der Waals surface area contributed by atoms with Crippen LogP contribution in [0.4, 0.5) is 4.79 Å². The zero-order valence-corrected chi connectivity index (χ0v) is 13.1. The van der Waals surface area contributed by atoms with Crippen LogP contribution in [-0.2, 0) is 4.74 Å². The lowest BCUT2D eigenvalue weighted by Crippen LogP contribution is -2.45. The van der Waals surface area contributed by atoms with E-state index in [1.165, 1.54) is 19.3 Å². The summed E-state index contributed by atoms with van der Waals surface area (Å²) < 4.78 is 5.22. The highest BCUT2D eigenvalue weighted by Crippen LogP contribution is 2.34. The molecule has 0 aromatic heterocycles. The summed E-state index contributed by atoms with van der Waals surface area (Å²) in [5.74, 6) is 0.934. The highest BCUT2D eigenvalue weighted by atomic mass is 16.6. The first kappa shape index (κ1) is 16.3. The lowest BCUT2D eigenvalue weighted by molar-refractivity contribution is 0.0522. The van der Waals surface area contributed by atoms with Crippen molar-refractivity contribution in [2.45, 2.75) is 78.0 Å². The monoisotopic (exact) mass is 270 g/mol. The molecule has 0 aliphatic heterocycles. The van der Waals surface area contributed by atoms with Crippen LogP contribution in [-0.4, -0.2) is 30.3 Å². The van der Waals surface area contributed by atoms with Crippen LogP contribution < -0.4 is 10.6 Å². The first-order chi connectivity index (χ1) is 8.80. The van der Waals surface area contributed by atoms with Crippen molar-refractivity contribution in [2.75, 3.05) is 6.54 Å². The second-order valence-corrected chi connectivity index (χ2v) is 6.73. The molecule has 1 aliphatic carbocycles. The average molecular weight is 270 g/mol. The zero-order valence-electron chi connectivity index (χ0n) is 13.1. The number of alkyl carbamates (subject to hydrolysis) is 1. The van der Waals surface area contributed by atoms with Gasteiger partial charge in [0.2, 0.25) is 0 Å². The van der Waals surface area contributed by atoms with Crippen molar-refractivity contribution in [1.82, 2.24) is 10.6 Å². The minimum absolute atomic E-state index is 0.274. The second kappa shape index (κ2) is 7.13. The Balaban J connectivity index is 2.18. The fourth-order valence-corrected chi connectivity index (χ4v) is 2.12. The molecule has 2 N–H and O–H groups in total. The van der Waals surface area contributed by atoms with Gasteiger partial charge in [0, 0.05) is 18.6 Å². The lowest BCUT2D eigenvalue weighted by atomic mass is 10.1. The molecule has 0 saturated heterocycles. The minimum atomic E-state index is -0.432. The first-order valence-corrected chi connectivity index (χ1v) is 7.53. The summed E-state index contributed by atoms with van der Waals surface area (Å²) in [6.45, 7) is 10.5. The van der Waals surface area contributed by atoms with Crippen LogP contribution in [0.2, 0.25) is 0 Å². The Morgan fingerprint density at radius 1 is 1.37 bits per heavy atom. The van der Waals surface area contributed by atoms with Gasteiger partial charge in [-0.25, -0.2) is 4.79 Å².